The van der Waals surface area contributed by atoms with Crippen molar-refractivity contribution < 1.29 is 9.59 Å². The lowest BCUT2D eigenvalue weighted by Gasteiger charge is -2.44. The molecule has 0 radical (unpaired) electrons. The van der Waals surface area contributed by atoms with Gasteiger partial charge in [0.25, 0.3) is 5.91 Å². The van der Waals surface area contributed by atoms with Crippen molar-refractivity contribution in [3.05, 3.63) is 59.1 Å². The zero-order valence-electron chi connectivity index (χ0n) is 19.4. The quantitative estimate of drug-likeness (QED) is 0.552. The van der Waals surface area contributed by atoms with Crippen LogP contribution in [0.3, 0.4) is 0 Å². The number of fused-ring (bicyclic) bond motifs is 3. The van der Waals surface area contributed by atoms with Gasteiger partial charge < -0.3 is 14.8 Å². The van der Waals surface area contributed by atoms with Crippen molar-refractivity contribution in [3.63, 3.8) is 0 Å². The van der Waals surface area contributed by atoms with E-state index in [1.54, 1.807) is 11.3 Å². The Morgan fingerprint density at radius 2 is 1.82 bits per heavy atom. The van der Waals surface area contributed by atoms with Gasteiger partial charge in [0.1, 0.15) is 11.2 Å². The van der Waals surface area contributed by atoms with Gasteiger partial charge in [0, 0.05) is 12.6 Å². The third kappa shape index (κ3) is 4.33. The highest BCUT2D eigenvalue weighted by atomic mass is 32.1. The summed E-state index contributed by atoms with van der Waals surface area (Å²) in [6, 6.07) is 14.5. The monoisotopic (exact) mass is 463 g/mol. The standard InChI is InChI=1S/C27H33N3O2S/c1-27(26(32)28-21-12-8-3-2-4-9-13-21)19-29-22-15-17-33-24(22)18-23(29)25(31)30(27)16-14-20-10-6-5-7-11-20/h5-7,10-11,15,17-18,21H,2-4,8-9,12-14,16,19H2,1H3,(H,28,32). The van der Waals surface area contributed by atoms with Crippen LogP contribution in [0.5, 0.6) is 0 Å². The molecule has 6 heteroatoms. The number of nitrogens with zero attached hydrogens (tertiary/aromatic N) is 2. The topological polar surface area (TPSA) is 54.3 Å². The summed E-state index contributed by atoms with van der Waals surface area (Å²) in [5.74, 6) is -0.0619. The van der Waals surface area contributed by atoms with E-state index in [9.17, 15) is 9.59 Å². The zero-order chi connectivity index (χ0) is 22.8. The van der Waals surface area contributed by atoms with Crippen molar-refractivity contribution in [2.75, 3.05) is 6.54 Å². The van der Waals surface area contributed by atoms with E-state index in [1.807, 2.05) is 36.1 Å². The molecule has 1 N–H and O–H groups in total. The second kappa shape index (κ2) is 9.34. The Morgan fingerprint density at radius 1 is 1.09 bits per heavy atom. The van der Waals surface area contributed by atoms with Crippen LogP contribution in [-0.2, 0) is 17.8 Å². The lowest BCUT2D eigenvalue weighted by atomic mass is 9.91. The number of carbonyl (C=O) groups is 2. The molecule has 0 saturated heterocycles. The number of hydrogen-bond donors (Lipinski definition) is 1. The first-order valence-electron chi connectivity index (χ1n) is 12.3. The van der Waals surface area contributed by atoms with E-state index in [1.165, 1.54) is 24.8 Å². The Kier molecular flexibility index (Phi) is 6.28. The fourth-order valence-corrected chi connectivity index (χ4v) is 6.27. The first-order chi connectivity index (χ1) is 16.1. The summed E-state index contributed by atoms with van der Waals surface area (Å²) in [5.41, 5.74) is 2.00. The van der Waals surface area contributed by atoms with E-state index >= 15 is 0 Å². The highest BCUT2D eigenvalue weighted by Gasteiger charge is 2.48. The molecule has 3 heterocycles. The van der Waals surface area contributed by atoms with Crippen molar-refractivity contribution in [1.29, 1.82) is 0 Å². The minimum Gasteiger partial charge on any atom is -0.351 e. The molecule has 0 spiro atoms. The van der Waals surface area contributed by atoms with E-state index < -0.39 is 5.54 Å². The van der Waals surface area contributed by atoms with E-state index in [2.05, 4.69) is 33.5 Å². The minimum atomic E-state index is -0.922. The Morgan fingerprint density at radius 3 is 2.58 bits per heavy atom. The summed E-state index contributed by atoms with van der Waals surface area (Å²) in [5, 5.41) is 5.42. The van der Waals surface area contributed by atoms with Crippen LogP contribution in [0.15, 0.2) is 47.8 Å². The Hall–Kier alpha value is -2.60. The summed E-state index contributed by atoms with van der Waals surface area (Å²) < 4.78 is 3.16. The van der Waals surface area contributed by atoms with Gasteiger partial charge in [-0.25, -0.2) is 0 Å². The number of benzene rings is 1. The molecule has 174 valence electrons. The maximum Gasteiger partial charge on any atom is 0.271 e. The van der Waals surface area contributed by atoms with Crippen molar-refractivity contribution in [1.82, 2.24) is 14.8 Å². The lowest BCUT2D eigenvalue weighted by molar-refractivity contribution is -0.133. The number of carbonyl (C=O) groups excluding carboxylic acids is 2. The molecule has 1 aliphatic heterocycles. The van der Waals surface area contributed by atoms with Gasteiger partial charge in [0.15, 0.2) is 0 Å². The molecular weight excluding hydrogens is 430 g/mol. The largest absolute Gasteiger partial charge is 0.351 e. The van der Waals surface area contributed by atoms with Crippen molar-refractivity contribution in [2.24, 2.45) is 0 Å². The normalized spacial score (nSPS) is 22.1. The number of amides is 2. The Labute approximate surface area is 199 Å². The van der Waals surface area contributed by atoms with Crippen LogP contribution >= 0.6 is 11.3 Å². The number of nitrogens with one attached hydrogen (secondary N) is 1. The molecule has 5 rings (SSSR count). The van der Waals surface area contributed by atoms with Gasteiger partial charge >= 0.3 is 0 Å². The van der Waals surface area contributed by atoms with Gasteiger partial charge in [0.2, 0.25) is 5.91 Å². The fraction of sp³-hybridized carbons (Fsp3) is 0.481. The van der Waals surface area contributed by atoms with Crippen molar-refractivity contribution in [3.8, 4) is 0 Å². The van der Waals surface area contributed by atoms with Gasteiger partial charge in [-0.2, -0.15) is 0 Å². The van der Waals surface area contributed by atoms with Crippen LogP contribution in [0.2, 0.25) is 0 Å². The number of hydrogen-bond acceptors (Lipinski definition) is 3. The van der Waals surface area contributed by atoms with E-state index in [-0.39, 0.29) is 17.9 Å². The van der Waals surface area contributed by atoms with Gasteiger partial charge in [-0.15, -0.1) is 11.3 Å². The van der Waals surface area contributed by atoms with Gasteiger partial charge in [-0.1, -0.05) is 62.4 Å². The lowest BCUT2D eigenvalue weighted by Crippen LogP contribution is -2.65. The zero-order valence-corrected chi connectivity index (χ0v) is 20.2. The average molecular weight is 464 g/mol. The second-order valence-electron chi connectivity index (χ2n) is 9.77. The van der Waals surface area contributed by atoms with Crippen LogP contribution in [0.4, 0.5) is 0 Å². The molecule has 1 aromatic carbocycles. The van der Waals surface area contributed by atoms with Crippen molar-refractivity contribution >= 4 is 33.4 Å². The minimum absolute atomic E-state index is 0.0165. The van der Waals surface area contributed by atoms with Crippen LogP contribution in [-0.4, -0.2) is 39.4 Å². The molecule has 1 aliphatic carbocycles. The third-order valence-corrected chi connectivity index (χ3v) is 8.30. The molecule has 1 fully saturated rings. The molecule has 2 aromatic heterocycles. The predicted molar refractivity (Wildman–Crippen MR) is 134 cm³/mol. The van der Waals surface area contributed by atoms with E-state index in [4.69, 9.17) is 0 Å². The molecule has 1 saturated carbocycles. The van der Waals surface area contributed by atoms with Gasteiger partial charge in [-0.3, -0.25) is 9.59 Å². The van der Waals surface area contributed by atoms with Crippen LogP contribution in [0.25, 0.3) is 10.2 Å². The van der Waals surface area contributed by atoms with E-state index in [0.717, 1.165) is 42.3 Å². The number of rotatable bonds is 5. The highest BCUT2D eigenvalue weighted by Crippen LogP contribution is 2.34. The summed E-state index contributed by atoms with van der Waals surface area (Å²) in [6.45, 7) is 2.97. The molecule has 33 heavy (non-hydrogen) atoms. The van der Waals surface area contributed by atoms with Gasteiger partial charge in [-0.05, 0) is 49.3 Å². The maximum atomic E-state index is 13.8. The first-order valence-corrected chi connectivity index (χ1v) is 13.2. The van der Waals surface area contributed by atoms with Crippen LogP contribution in [0, 0.1) is 0 Å². The Bertz CT molecular complexity index is 1130. The Balaban J connectivity index is 1.44. The molecule has 1 atom stereocenters. The van der Waals surface area contributed by atoms with Crippen molar-refractivity contribution in [2.45, 2.75) is 76.4 Å². The SMILES string of the molecule is CC1(C(=O)NC2CCCCCCC2)Cn2c(cc3sccc32)C(=O)N1CCc1ccccc1. The summed E-state index contributed by atoms with van der Waals surface area (Å²) in [4.78, 5) is 29.4. The second-order valence-corrected chi connectivity index (χ2v) is 10.7. The summed E-state index contributed by atoms with van der Waals surface area (Å²) in [7, 11) is 0. The molecule has 0 bridgehead atoms. The molecule has 5 nitrogen and oxygen atoms in total. The molecular formula is C27H33N3O2S. The van der Waals surface area contributed by atoms with Gasteiger partial charge in [0.05, 0.1) is 16.8 Å². The molecule has 2 amide bonds. The summed E-state index contributed by atoms with van der Waals surface area (Å²) in [6.07, 6.45) is 8.90. The number of aromatic nitrogens is 1. The first kappa shape index (κ1) is 22.2. The number of thiophene rings is 1. The maximum absolute atomic E-state index is 13.8. The molecule has 2 aliphatic rings. The fourth-order valence-electron chi connectivity index (χ4n) is 5.45. The summed E-state index contributed by atoms with van der Waals surface area (Å²) >= 11 is 1.64. The predicted octanol–water partition coefficient (Wildman–Crippen LogP) is 5.39. The van der Waals surface area contributed by atoms with Crippen LogP contribution < -0.4 is 5.32 Å². The average Bonchev–Trinajstić information content (AvgIpc) is 3.38. The molecule has 1 unspecified atom stereocenters. The highest BCUT2D eigenvalue weighted by molar-refractivity contribution is 7.17. The smallest absolute Gasteiger partial charge is 0.271 e. The van der Waals surface area contributed by atoms with E-state index in [0.29, 0.717) is 18.8 Å². The van der Waals surface area contributed by atoms with Crippen LogP contribution in [0.1, 0.15) is 67.9 Å². The third-order valence-electron chi connectivity index (χ3n) is 7.45. The molecule has 3 aromatic rings.